The van der Waals surface area contributed by atoms with Crippen molar-refractivity contribution in [1.29, 1.82) is 0 Å². The van der Waals surface area contributed by atoms with E-state index in [0.717, 1.165) is 16.8 Å². The molecule has 0 amide bonds. The van der Waals surface area contributed by atoms with Crippen LogP contribution in [0.25, 0.3) is 22.4 Å². The number of carbonyl (C=O) groups is 1. The molecule has 0 spiro atoms. The van der Waals surface area contributed by atoms with Gasteiger partial charge in [-0.15, -0.1) is 0 Å². The third-order valence-corrected chi connectivity index (χ3v) is 4.64. The van der Waals surface area contributed by atoms with Crippen LogP contribution in [0.1, 0.15) is 11.3 Å². The van der Waals surface area contributed by atoms with Crippen molar-refractivity contribution in [2.24, 2.45) is 0 Å². The molecule has 2 heterocycles. The van der Waals surface area contributed by atoms with Crippen molar-refractivity contribution in [2.75, 3.05) is 7.11 Å². The Morgan fingerprint density at radius 1 is 0.931 bits per heavy atom. The summed E-state index contributed by atoms with van der Waals surface area (Å²) >= 11 is 0. The molecule has 0 unspecified atom stereocenters. The van der Waals surface area contributed by atoms with Crippen LogP contribution in [0.2, 0.25) is 0 Å². The van der Waals surface area contributed by atoms with Crippen LogP contribution >= 0.6 is 0 Å². The summed E-state index contributed by atoms with van der Waals surface area (Å²) in [4.78, 5) is 34.3. The zero-order valence-corrected chi connectivity index (χ0v) is 15.9. The van der Waals surface area contributed by atoms with Crippen LogP contribution < -0.4 is 5.56 Å². The average molecular weight is 385 g/mol. The maximum atomic E-state index is 13.2. The Bertz CT molecular complexity index is 1220. The highest BCUT2D eigenvalue weighted by Crippen LogP contribution is 2.19. The lowest BCUT2D eigenvalue weighted by atomic mass is 10.1. The number of aromatic nitrogens is 3. The normalized spacial score (nSPS) is 10.8. The summed E-state index contributed by atoms with van der Waals surface area (Å²) in [6, 6.07) is 22.9. The predicted molar refractivity (Wildman–Crippen MR) is 110 cm³/mol. The molecule has 0 N–H and O–H groups in total. The fourth-order valence-electron chi connectivity index (χ4n) is 3.19. The molecule has 0 saturated heterocycles. The van der Waals surface area contributed by atoms with E-state index in [-0.39, 0.29) is 17.6 Å². The number of hydrogen-bond acceptors (Lipinski definition) is 5. The van der Waals surface area contributed by atoms with Crippen LogP contribution in [-0.4, -0.2) is 27.6 Å². The molecule has 29 heavy (non-hydrogen) atoms. The predicted octanol–water partition coefficient (Wildman–Crippen LogP) is 3.22. The molecule has 0 bridgehead atoms. The Labute approximate surface area is 167 Å². The monoisotopic (exact) mass is 385 g/mol. The molecule has 4 aromatic rings. The van der Waals surface area contributed by atoms with Crippen LogP contribution in [0.5, 0.6) is 0 Å². The number of fused-ring (bicyclic) bond motifs is 1. The molecule has 0 aliphatic rings. The third-order valence-electron chi connectivity index (χ3n) is 4.64. The Morgan fingerprint density at radius 2 is 1.62 bits per heavy atom. The zero-order chi connectivity index (χ0) is 20.2. The van der Waals surface area contributed by atoms with Gasteiger partial charge in [-0.1, -0.05) is 60.7 Å². The Hall–Kier alpha value is -3.80. The summed E-state index contributed by atoms with van der Waals surface area (Å²) < 4.78 is 6.09. The van der Waals surface area contributed by atoms with E-state index >= 15 is 0 Å². The highest BCUT2D eigenvalue weighted by atomic mass is 16.5. The summed E-state index contributed by atoms with van der Waals surface area (Å²) in [5.74, 6) is -0.114. The lowest BCUT2D eigenvalue weighted by Gasteiger charge is -2.13. The Balaban J connectivity index is 1.86. The molecule has 144 valence electrons. The van der Waals surface area contributed by atoms with Crippen LogP contribution in [0, 0.1) is 0 Å². The molecule has 0 fully saturated rings. The molecule has 6 heteroatoms. The fraction of sp³-hybridized carbons (Fsp3) is 0.130. The van der Waals surface area contributed by atoms with Crippen LogP contribution in [0.15, 0.2) is 77.6 Å². The Kier molecular flexibility index (Phi) is 5.16. The molecule has 2 aromatic carbocycles. The summed E-state index contributed by atoms with van der Waals surface area (Å²) in [6.07, 6.45) is 0.605. The van der Waals surface area contributed by atoms with E-state index in [1.54, 1.807) is 6.07 Å². The number of benzene rings is 2. The number of methoxy groups -OCH3 is 1. The minimum Gasteiger partial charge on any atom is -0.468 e. The minimum absolute atomic E-state index is 0.229. The van der Waals surface area contributed by atoms with Gasteiger partial charge in [-0.2, -0.15) is 0 Å². The standard InChI is InChI=1S/C23H19N3O3/c1-29-20(27)15-26-22(17-10-6-3-7-11-17)25-19-13-12-18(24-21(19)23(26)28)14-16-8-4-2-5-9-16/h2-13H,14-15H2,1H3. The van der Waals surface area contributed by atoms with E-state index < -0.39 is 5.97 Å². The van der Waals surface area contributed by atoms with Gasteiger partial charge in [0.25, 0.3) is 5.56 Å². The molecule has 0 radical (unpaired) electrons. The van der Waals surface area contributed by atoms with Crippen molar-refractivity contribution < 1.29 is 9.53 Å². The molecule has 0 atom stereocenters. The maximum Gasteiger partial charge on any atom is 0.325 e. The smallest absolute Gasteiger partial charge is 0.325 e. The van der Waals surface area contributed by atoms with Gasteiger partial charge in [0, 0.05) is 17.7 Å². The third kappa shape index (κ3) is 3.91. The second-order valence-corrected chi connectivity index (χ2v) is 6.60. The average Bonchev–Trinajstić information content (AvgIpc) is 2.77. The summed E-state index contributed by atoms with van der Waals surface area (Å²) in [5.41, 5.74) is 2.97. The van der Waals surface area contributed by atoms with Crippen molar-refractivity contribution in [2.45, 2.75) is 13.0 Å². The molecular weight excluding hydrogens is 366 g/mol. The number of pyridine rings is 1. The second kappa shape index (κ2) is 8.06. The van der Waals surface area contributed by atoms with Gasteiger partial charge in [0.15, 0.2) is 5.52 Å². The Morgan fingerprint density at radius 3 is 2.31 bits per heavy atom. The van der Waals surface area contributed by atoms with Gasteiger partial charge in [-0.3, -0.25) is 14.2 Å². The highest BCUT2D eigenvalue weighted by Gasteiger charge is 2.17. The summed E-state index contributed by atoms with van der Waals surface area (Å²) in [7, 11) is 1.29. The first-order valence-electron chi connectivity index (χ1n) is 9.22. The molecule has 4 rings (SSSR count). The van der Waals surface area contributed by atoms with E-state index in [1.165, 1.54) is 11.7 Å². The lowest BCUT2D eigenvalue weighted by Crippen LogP contribution is -2.28. The van der Waals surface area contributed by atoms with Gasteiger partial charge >= 0.3 is 5.97 Å². The molecule has 0 aliphatic carbocycles. The van der Waals surface area contributed by atoms with E-state index in [1.807, 2.05) is 66.7 Å². The largest absolute Gasteiger partial charge is 0.468 e. The van der Waals surface area contributed by atoms with Gasteiger partial charge in [-0.05, 0) is 17.7 Å². The number of rotatable bonds is 5. The first-order valence-corrected chi connectivity index (χ1v) is 9.22. The van der Waals surface area contributed by atoms with Crippen LogP contribution in [-0.2, 0) is 22.5 Å². The van der Waals surface area contributed by atoms with Gasteiger partial charge < -0.3 is 4.74 Å². The number of nitrogens with zero attached hydrogens (tertiary/aromatic N) is 3. The molecular formula is C23H19N3O3. The second-order valence-electron chi connectivity index (χ2n) is 6.60. The number of carbonyl (C=O) groups excluding carboxylic acids is 1. The molecule has 2 aromatic heterocycles. The fourth-order valence-corrected chi connectivity index (χ4v) is 3.19. The first-order chi connectivity index (χ1) is 14.2. The number of hydrogen-bond donors (Lipinski definition) is 0. The van der Waals surface area contributed by atoms with Crippen LogP contribution in [0.3, 0.4) is 0 Å². The van der Waals surface area contributed by atoms with Gasteiger partial charge in [0.2, 0.25) is 0 Å². The molecule has 0 aliphatic heterocycles. The minimum atomic E-state index is -0.522. The summed E-state index contributed by atoms with van der Waals surface area (Å²) in [5, 5.41) is 0. The van der Waals surface area contributed by atoms with Crippen LogP contribution in [0.4, 0.5) is 0 Å². The SMILES string of the molecule is COC(=O)Cn1c(-c2ccccc2)nc2ccc(Cc3ccccc3)nc2c1=O. The number of esters is 1. The zero-order valence-electron chi connectivity index (χ0n) is 15.9. The topological polar surface area (TPSA) is 74.1 Å². The highest BCUT2D eigenvalue weighted by molar-refractivity contribution is 5.77. The van der Waals surface area contributed by atoms with E-state index in [2.05, 4.69) is 9.97 Å². The van der Waals surface area contributed by atoms with Gasteiger partial charge in [0.05, 0.1) is 12.6 Å². The van der Waals surface area contributed by atoms with Crippen molar-refractivity contribution in [3.8, 4) is 11.4 Å². The van der Waals surface area contributed by atoms with Crippen molar-refractivity contribution in [3.63, 3.8) is 0 Å². The maximum absolute atomic E-state index is 13.2. The van der Waals surface area contributed by atoms with Gasteiger partial charge in [0.1, 0.15) is 12.4 Å². The summed E-state index contributed by atoms with van der Waals surface area (Å²) in [6.45, 7) is -0.229. The van der Waals surface area contributed by atoms with Crippen molar-refractivity contribution >= 4 is 17.0 Å². The molecule has 6 nitrogen and oxygen atoms in total. The van der Waals surface area contributed by atoms with E-state index in [9.17, 15) is 9.59 Å². The van der Waals surface area contributed by atoms with Gasteiger partial charge in [-0.25, -0.2) is 9.97 Å². The lowest BCUT2D eigenvalue weighted by molar-refractivity contribution is -0.141. The van der Waals surface area contributed by atoms with Crippen molar-refractivity contribution in [1.82, 2.24) is 14.5 Å². The van der Waals surface area contributed by atoms with E-state index in [0.29, 0.717) is 17.8 Å². The van der Waals surface area contributed by atoms with E-state index in [4.69, 9.17) is 4.74 Å². The quantitative estimate of drug-likeness (QED) is 0.493. The molecule has 0 saturated carbocycles. The number of ether oxygens (including phenoxy) is 1. The first kappa shape index (κ1) is 18.6. The van der Waals surface area contributed by atoms with Crippen molar-refractivity contribution in [3.05, 3.63) is 94.4 Å².